The van der Waals surface area contributed by atoms with Crippen molar-refractivity contribution in [3.05, 3.63) is 0 Å². The van der Waals surface area contributed by atoms with Crippen LogP contribution in [0.3, 0.4) is 0 Å². The molecule has 0 aromatic rings. The lowest BCUT2D eigenvalue weighted by Gasteiger charge is -2.19. The van der Waals surface area contributed by atoms with E-state index < -0.39 is 0 Å². The van der Waals surface area contributed by atoms with Crippen molar-refractivity contribution < 1.29 is 0 Å². The molecule has 0 heterocycles. The second kappa shape index (κ2) is 11.7. The van der Waals surface area contributed by atoms with Gasteiger partial charge in [-0.3, -0.25) is 0 Å². The summed E-state index contributed by atoms with van der Waals surface area (Å²) >= 11 is 0. The molecule has 19 heavy (non-hydrogen) atoms. The largest absolute Gasteiger partial charge is 0.315 e. The van der Waals surface area contributed by atoms with Crippen molar-refractivity contribution in [2.24, 2.45) is 11.8 Å². The zero-order chi connectivity index (χ0) is 14.7. The highest BCUT2D eigenvalue weighted by molar-refractivity contribution is 4.66. The first kappa shape index (κ1) is 18.9. The Bertz CT molecular complexity index is 154. The van der Waals surface area contributed by atoms with E-state index in [-0.39, 0.29) is 0 Å². The van der Waals surface area contributed by atoms with E-state index in [1.54, 1.807) is 0 Å². The zero-order valence-electron chi connectivity index (χ0n) is 14.3. The van der Waals surface area contributed by atoms with Crippen LogP contribution in [0.2, 0.25) is 0 Å². The monoisotopic (exact) mass is 270 g/mol. The molecule has 0 atom stereocenters. The van der Waals surface area contributed by atoms with E-state index in [1.165, 1.54) is 45.2 Å². The molecule has 0 aliphatic heterocycles. The molecule has 0 aliphatic carbocycles. The van der Waals surface area contributed by atoms with Gasteiger partial charge in [0.25, 0.3) is 0 Å². The molecule has 0 bridgehead atoms. The number of rotatable bonds is 12. The predicted octanol–water partition coefficient (Wildman–Crippen LogP) is 4.21. The van der Waals surface area contributed by atoms with Gasteiger partial charge >= 0.3 is 0 Å². The summed E-state index contributed by atoms with van der Waals surface area (Å²) in [5.41, 5.74) is 0. The average molecular weight is 271 g/mol. The van der Waals surface area contributed by atoms with Crippen molar-refractivity contribution in [3.8, 4) is 0 Å². The fourth-order valence-electron chi connectivity index (χ4n) is 2.40. The summed E-state index contributed by atoms with van der Waals surface area (Å²) in [6, 6.07) is 1.23. The van der Waals surface area contributed by atoms with Gasteiger partial charge < -0.3 is 10.6 Å². The van der Waals surface area contributed by atoms with Crippen LogP contribution >= 0.6 is 0 Å². The lowest BCUT2D eigenvalue weighted by Crippen LogP contribution is -2.28. The van der Waals surface area contributed by atoms with Gasteiger partial charge in [-0.05, 0) is 37.8 Å². The SMILES string of the molecule is CC(C)CCCC(CCNC(C)C)CCNC(C)C. The number of hydrogen-bond acceptors (Lipinski definition) is 2. The molecule has 0 aromatic carbocycles. The molecule has 0 fully saturated rings. The van der Waals surface area contributed by atoms with Crippen molar-refractivity contribution in [2.75, 3.05) is 13.1 Å². The average Bonchev–Trinajstić information content (AvgIpc) is 2.26. The number of nitrogens with one attached hydrogen (secondary N) is 2. The van der Waals surface area contributed by atoms with E-state index >= 15 is 0 Å². The second-order valence-corrected chi connectivity index (χ2v) is 6.99. The lowest BCUT2D eigenvalue weighted by molar-refractivity contribution is 0.363. The van der Waals surface area contributed by atoms with E-state index in [0.717, 1.165) is 11.8 Å². The second-order valence-electron chi connectivity index (χ2n) is 6.99. The van der Waals surface area contributed by atoms with Gasteiger partial charge in [0.1, 0.15) is 0 Å². The molecule has 2 N–H and O–H groups in total. The van der Waals surface area contributed by atoms with Crippen LogP contribution in [0.25, 0.3) is 0 Å². The van der Waals surface area contributed by atoms with Crippen LogP contribution in [0, 0.1) is 11.8 Å². The van der Waals surface area contributed by atoms with Crippen LogP contribution in [-0.2, 0) is 0 Å². The topological polar surface area (TPSA) is 24.1 Å². The molecule has 0 saturated carbocycles. The Labute approximate surface area is 122 Å². The third kappa shape index (κ3) is 14.1. The first-order chi connectivity index (χ1) is 8.91. The van der Waals surface area contributed by atoms with Crippen LogP contribution < -0.4 is 10.6 Å². The minimum Gasteiger partial charge on any atom is -0.315 e. The fraction of sp³-hybridized carbons (Fsp3) is 1.00. The van der Waals surface area contributed by atoms with Gasteiger partial charge in [0.2, 0.25) is 0 Å². The minimum absolute atomic E-state index is 0.616. The summed E-state index contributed by atoms with van der Waals surface area (Å²) in [6.45, 7) is 15.9. The summed E-state index contributed by atoms with van der Waals surface area (Å²) in [4.78, 5) is 0. The maximum Gasteiger partial charge on any atom is 0.00103 e. The van der Waals surface area contributed by atoms with E-state index in [0.29, 0.717) is 12.1 Å². The van der Waals surface area contributed by atoms with Crippen molar-refractivity contribution >= 4 is 0 Å². The molecular formula is C17H38N2. The van der Waals surface area contributed by atoms with Crippen LogP contribution in [-0.4, -0.2) is 25.2 Å². The van der Waals surface area contributed by atoms with Crippen molar-refractivity contribution in [1.29, 1.82) is 0 Å². The summed E-state index contributed by atoms with van der Waals surface area (Å²) < 4.78 is 0. The van der Waals surface area contributed by atoms with E-state index in [2.05, 4.69) is 52.2 Å². The van der Waals surface area contributed by atoms with E-state index in [1.807, 2.05) is 0 Å². The van der Waals surface area contributed by atoms with Gasteiger partial charge in [0.15, 0.2) is 0 Å². The minimum atomic E-state index is 0.616. The van der Waals surface area contributed by atoms with Crippen molar-refractivity contribution in [2.45, 2.75) is 85.7 Å². The molecule has 0 aromatic heterocycles. The molecule has 0 aliphatic rings. The highest BCUT2D eigenvalue weighted by Gasteiger charge is 2.09. The Morgan fingerprint density at radius 2 is 1.11 bits per heavy atom. The smallest absolute Gasteiger partial charge is 0.00103 e. The van der Waals surface area contributed by atoms with Crippen molar-refractivity contribution in [1.82, 2.24) is 10.6 Å². The Morgan fingerprint density at radius 1 is 0.632 bits per heavy atom. The molecule has 0 radical (unpaired) electrons. The van der Waals surface area contributed by atoms with Gasteiger partial charge in [-0.2, -0.15) is 0 Å². The lowest BCUT2D eigenvalue weighted by atomic mass is 9.92. The fourth-order valence-corrected chi connectivity index (χ4v) is 2.40. The van der Waals surface area contributed by atoms with Crippen LogP contribution in [0.15, 0.2) is 0 Å². The maximum absolute atomic E-state index is 3.55. The third-order valence-corrected chi connectivity index (χ3v) is 3.60. The standard InChI is InChI=1S/C17H38N2/c1-14(2)8-7-9-17(10-12-18-15(3)4)11-13-19-16(5)6/h14-19H,7-13H2,1-6H3. The third-order valence-electron chi connectivity index (χ3n) is 3.60. The van der Waals surface area contributed by atoms with Gasteiger partial charge in [0, 0.05) is 12.1 Å². The Balaban J connectivity index is 3.85. The summed E-state index contributed by atoms with van der Waals surface area (Å²) in [6.07, 6.45) is 6.83. The molecule has 0 amide bonds. The molecular weight excluding hydrogens is 232 g/mol. The zero-order valence-corrected chi connectivity index (χ0v) is 14.3. The molecule has 2 nitrogen and oxygen atoms in total. The Morgan fingerprint density at radius 3 is 1.47 bits per heavy atom. The molecule has 116 valence electrons. The normalized spacial score (nSPS) is 12.3. The van der Waals surface area contributed by atoms with Gasteiger partial charge in [0.05, 0.1) is 0 Å². The van der Waals surface area contributed by atoms with Gasteiger partial charge in [-0.1, -0.05) is 60.8 Å². The predicted molar refractivity (Wildman–Crippen MR) is 87.7 cm³/mol. The van der Waals surface area contributed by atoms with Gasteiger partial charge in [-0.25, -0.2) is 0 Å². The Kier molecular flexibility index (Phi) is 11.7. The first-order valence-corrected chi connectivity index (χ1v) is 8.38. The number of hydrogen-bond donors (Lipinski definition) is 2. The van der Waals surface area contributed by atoms with E-state index in [4.69, 9.17) is 0 Å². The van der Waals surface area contributed by atoms with E-state index in [9.17, 15) is 0 Å². The summed E-state index contributed by atoms with van der Waals surface area (Å²) in [7, 11) is 0. The highest BCUT2D eigenvalue weighted by atomic mass is 14.9. The maximum atomic E-state index is 3.55. The summed E-state index contributed by atoms with van der Waals surface area (Å²) in [5.74, 6) is 1.74. The molecule has 0 saturated heterocycles. The quantitative estimate of drug-likeness (QED) is 0.555. The van der Waals surface area contributed by atoms with Crippen LogP contribution in [0.1, 0.15) is 73.6 Å². The van der Waals surface area contributed by atoms with Crippen LogP contribution in [0.4, 0.5) is 0 Å². The van der Waals surface area contributed by atoms with Gasteiger partial charge in [-0.15, -0.1) is 0 Å². The molecule has 0 unspecified atom stereocenters. The van der Waals surface area contributed by atoms with Crippen LogP contribution in [0.5, 0.6) is 0 Å². The van der Waals surface area contributed by atoms with Crippen molar-refractivity contribution in [3.63, 3.8) is 0 Å². The first-order valence-electron chi connectivity index (χ1n) is 8.38. The molecule has 0 spiro atoms. The highest BCUT2D eigenvalue weighted by Crippen LogP contribution is 2.18. The summed E-state index contributed by atoms with van der Waals surface area (Å²) in [5, 5.41) is 7.11. The molecule has 2 heteroatoms. The molecule has 0 rings (SSSR count). The Hall–Kier alpha value is -0.0800.